The molecule has 0 amide bonds. The van der Waals surface area contributed by atoms with Crippen LogP contribution in [0.4, 0.5) is 0 Å². The SMILES string of the molecule is CC(C1CCCCC1)n1c(=S)[nH]c2ccc(C#N)cc21. The third-order valence-corrected chi connectivity index (χ3v) is 4.88. The van der Waals surface area contributed by atoms with Crippen LogP contribution < -0.4 is 0 Å². The van der Waals surface area contributed by atoms with E-state index in [0.717, 1.165) is 15.8 Å². The van der Waals surface area contributed by atoms with Crippen LogP contribution in [-0.2, 0) is 0 Å². The van der Waals surface area contributed by atoms with Crippen LogP contribution >= 0.6 is 12.2 Å². The maximum absolute atomic E-state index is 9.09. The molecule has 104 valence electrons. The number of aromatic nitrogens is 2. The molecular formula is C16H19N3S. The van der Waals surface area contributed by atoms with Crippen molar-refractivity contribution >= 4 is 23.3 Å². The highest BCUT2D eigenvalue weighted by Gasteiger charge is 2.23. The Kier molecular flexibility index (Phi) is 3.62. The summed E-state index contributed by atoms with van der Waals surface area (Å²) in [4.78, 5) is 3.27. The molecule has 1 saturated carbocycles. The molecular weight excluding hydrogens is 266 g/mol. The van der Waals surface area contributed by atoms with Crippen molar-refractivity contribution < 1.29 is 0 Å². The second-order valence-electron chi connectivity index (χ2n) is 5.78. The Bertz CT molecular complexity index is 713. The molecule has 20 heavy (non-hydrogen) atoms. The first-order valence-electron chi connectivity index (χ1n) is 7.35. The van der Waals surface area contributed by atoms with Crippen molar-refractivity contribution in [1.29, 1.82) is 5.26 Å². The van der Waals surface area contributed by atoms with E-state index < -0.39 is 0 Å². The van der Waals surface area contributed by atoms with Crippen LogP contribution in [0.5, 0.6) is 0 Å². The van der Waals surface area contributed by atoms with E-state index >= 15 is 0 Å². The molecule has 2 aromatic rings. The van der Waals surface area contributed by atoms with Gasteiger partial charge in [-0.3, -0.25) is 0 Å². The van der Waals surface area contributed by atoms with Crippen LogP contribution in [0, 0.1) is 22.0 Å². The maximum atomic E-state index is 9.09. The van der Waals surface area contributed by atoms with Gasteiger partial charge in [0.25, 0.3) is 0 Å². The minimum atomic E-state index is 0.394. The molecule has 1 atom stereocenters. The van der Waals surface area contributed by atoms with Crippen LogP contribution in [0.15, 0.2) is 18.2 Å². The van der Waals surface area contributed by atoms with Crippen molar-refractivity contribution in [3.8, 4) is 6.07 Å². The van der Waals surface area contributed by atoms with Gasteiger partial charge in [0.2, 0.25) is 0 Å². The average molecular weight is 285 g/mol. The lowest BCUT2D eigenvalue weighted by Gasteiger charge is -2.29. The van der Waals surface area contributed by atoms with Gasteiger partial charge in [0, 0.05) is 6.04 Å². The molecule has 1 unspecified atom stereocenters. The summed E-state index contributed by atoms with van der Waals surface area (Å²) in [6.45, 7) is 2.26. The number of imidazole rings is 1. The lowest BCUT2D eigenvalue weighted by molar-refractivity contribution is 0.266. The molecule has 3 nitrogen and oxygen atoms in total. The Morgan fingerprint density at radius 3 is 2.80 bits per heavy atom. The molecule has 0 spiro atoms. The van der Waals surface area contributed by atoms with Gasteiger partial charge in [0.15, 0.2) is 4.77 Å². The van der Waals surface area contributed by atoms with Crippen molar-refractivity contribution in [1.82, 2.24) is 9.55 Å². The standard InChI is InChI=1S/C16H19N3S/c1-11(13-5-3-2-4-6-13)19-15-9-12(10-17)7-8-14(15)18-16(19)20/h7-9,11,13H,2-6H2,1H3,(H,18,20). The molecule has 0 saturated heterocycles. The molecule has 1 heterocycles. The van der Waals surface area contributed by atoms with Crippen LogP contribution in [0.3, 0.4) is 0 Å². The number of nitrogens with zero attached hydrogens (tertiary/aromatic N) is 2. The number of hydrogen-bond acceptors (Lipinski definition) is 2. The molecule has 1 aliphatic carbocycles. The number of benzene rings is 1. The largest absolute Gasteiger partial charge is 0.331 e. The summed E-state index contributed by atoms with van der Waals surface area (Å²) in [5.74, 6) is 0.695. The molecule has 3 rings (SSSR count). The highest BCUT2D eigenvalue weighted by atomic mass is 32.1. The third kappa shape index (κ3) is 2.27. The molecule has 1 aromatic carbocycles. The molecule has 4 heteroatoms. The minimum absolute atomic E-state index is 0.394. The second-order valence-corrected chi connectivity index (χ2v) is 6.17. The number of fused-ring (bicyclic) bond motifs is 1. The smallest absolute Gasteiger partial charge is 0.178 e. The lowest BCUT2D eigenvalue weighted by Crippen LogP contribution is -2.19. The van der Waals surface area contributed by atoms with E-state index in [-0.39, 0.29) is 0 Å². The maximum Gasteiger partial charge on any atom is 0.178 e. The Balaban J connectivity index is 2.07. The number of nitrogens with one attached hydrogen (secondary N) is 1. The number of aromatic amines is 1. The number of rotatable bonds is 2. The molecule has 0 radical (unpaired) electrons. The summed E-state index contributed by atoms with van der Waals surface area (Å²) < 4.78 is 2.98. The van der Waals surface area contributed by atoms with Crippen molar-refractivity contribution in [3.05, 3.63) is 28.5 Å². The van der Waals surface area contributed by atoms with Gasteiger partial charge in [-0.2, -0.15) is 5.26 Å². The summed E-state index contributed by atoms with van der Waals surface area (Å²) >= 11 is 5.50. The first-order chi connectivity index (χ1) is 9.70. The van der Waals surface area contributed by atoms with E-state index in [4.69, 9.17) is 17.5 Å². The molecule has 1 aliphatic rings. The lowest BCUT2D eigenvalue weighted by atomic mass is 9.84. The fourth-order valence-corrected chi connectivity index (χ4v) is 3.80. The highest BCUT2D eigenvalue weighted by molar-refractivity contribution is 7.71. The average Bonchev–Trinajstić information content (AvgIpc) is 2.82. The van der Waals surface area contributed by atoms with Gasteiger partial charge < -0.3 is 9.55 Å². The predicted molar refractivity (Wildman–Crippen MR) is 83.1 cm³/mol. The third-order valence-electron chi connectivity index (χ3n) is 4.59. The fraction of sp³-hybridized carbons (Fsp3) is 0.500. The summed E-state index contributed by atoms with van der Waals surface area (Å²) in [6, 6.07) is 8.34. The second kappa shape index (κ2) is 5.41. The normalized spacial score (nSPS) is 18.0. The van der Waals surface area contributed by atoms with Crippen molar-refractivity contribution in [2.24, 2.45) is 5.92 Å². The van der Waals surface area contributed by atoms with Gasteiger partial charge in [-0.25, -0.2) is 0 Å². The van der Waals surface area contributed by atoms with Crippen molar-refractivity contribution in [2.75, 3.05) is 0 Å². The summed E-state index contributed by atoms with van der Waals surface area (Å²) in [5, 5.41) is 9.09. The van der Waals surface area contributed by atoms with Gasteiger partial charge >= 0.3 is 0 Å². The Morgan fingerprint density at radius 1 is 1.35 bits per heavy atom. The Hall–Kier alpha value is -1.60. The molecule has 0 aliphatic heterocycles. The predicted octanol–water partition coefficient (Wildman–Crippen LogP) is 4.71. The zero-order valence-corrected chi connectivity index (χ0v) is 12.5. The van der Waals surface area contributed by atoms with E-state index in [9.17, 15) is 0 Å². The fourth-order valence-electron chi connectivity index (χ4n) is 3.42. The van der Waals surface area contributed by atoms with Gasteiger partial charge in [-0.05, 0) is 56.1 Å². The van der Waals surface area contributed by atoms with Crippen molar-refractivity contribution in [2.45, 2.75) is 45.1 Å². The number of H-pyrrole nitrogens is 1. The van der Waals surface area contributed by atoms with Gasteiger partial charge in [-0.15, -0.1) is 0 Å². The summed E-state index contributed by atoms with van der Waals surface area (Å²) in [6.07, 6.45) is 6.59. The van der Waals surface area contributed by atoms with E-state index in [0.29, 0.717) is 17.5 Å². The summed E-state index contributed by atoms with van der Waals surface area (Å²) in [5.41, 5.74) is 2.78. The van der Waals surface area contributed by atoms with E-state index in [1.54, 1.807) is 0 Å². The minimum Gasteiger partial charge on any atom is -0.331 e. The Labute approximate surface area is 124 Å². The van der Waals surface area contributed by atoms with Crippen molar-refractivity contribution in [3.63, 3.8) is 0 Å². The molecule has 0 bridgehead atoms. The van der Waals surface area contributed by atoms with E-state index in [1.807, 2.05) is 18.2 Å². The zero-order chi connectivity index (χ0) is 14.1. The summed E-state index contributed by atoms with van der Waals surface area (Å²) in [7, 11) is 0. The van der Waals surface area contributed by atoms with Gasteiger partial charge in [0.05, 0.1) is 22.7 Å². The number of nitriles is 1. The molecule has 1 fully saturated rings. The Morgan fingerprint density at radius 2 is 2.10 bits per heavy atom. The quantitative estimate of drug-likeness (QED) is 0.812. The zero-order valence-electron chi connectivity index (χ0n) is 11.7. The van der Waals surface area contributed by atoms with Crippen LogP contribution in [-0.4, -0.2) is 9.55 Å². The number of hydrogen-bond donors (Lipinski definition) is 1. The highest BCUT2D eigenvalue weighted by Crippen LogP contribution is 2.34. The first kappa shape index (κ1) is 13.4. The van der Waals surface area contributed by atoms with Crippen LogP contribution in [0.25, 0.3) is 11.0 Å². The van der Waals surface area contributed by atoms with Gasteiger partial charge in [0.1, 0.15) is 0 Å². The van der Waals surface area contributed by atoms with Crippen LogP contribution in [0.1, 0.15) is 50.6 Å². The topological polar surface area (TPSA) is 44.5 Å². The van der Waals surface area contributed by atoms with E-state index in [1.165, 1.54) is 32.1 Å². The first-order valence-corrected chi connectivity index (χ1v) is 7.76. The van der Waals surface area contributed by atoms with Gasteiger partial charge in [-0.1, -0.05) is 19.3 Å². The monoisotopic (exact) mass is 285 g/mol. The molecule has 1 N–H and O–H groups in total. The molecule has 1 aromatic heterocycles. The van der Waals surface area contributed by atoms with E-state index in [2.05, 4.69) is 22.5 Å². The van der Waals surface area contributed by atoms with Crippen LogP contribution in [0.2, 0.25) is 0 Å².